The minimum Gasteiger partial charge on any atom is -0.450 e. The van der Waals surface area contributed by atoms with E-state index in [0.717, 1.165) is 17.3 Å². The van der Waals surface area contributed by atoms with Gasteiger partial charge in [-0.05, 0) is 26.3 Å². The standard InChI is InChI=1S/C27H39NO10S/c1-17(2)24(30)37-19(4)26(32)38-20(5)25(31)36-18(3)23(29)28-22(16-21-10-8-7-9-11-21)27(33)39-15-14-35-13-12-34-6/h7-11,17-20,22H,12-16H2,1-6H3,(H,28,29). The number of nitrogens with one attached hydrogen (secondary N) is 1. The molecule has 0 aliphatic carbocycles. The molecular weight excluding hydrogens is 530 g/mol. The van der Waals surface area contributed by atoms with Crippen molar-refractivity contribution in [3.05, 3.63) is 35.9 Å². The fourth-order valence-corrected chi connectivity index (χ4v) is 3.62. The van der Waals surface area contributed by atoms with E-state index in [1.165, 1.54) is 20.8 Å². The molecule has 11 nitrogen and oxygen atoms in total. The second-order valence-electron chi connectivity index (χ2n) is 8.92. The number of amides is 1. The van der Waals surface area contributed by atoms with E-state index in [-0.39, 0.29) is 11.5 Å². The van der Waals surface area contributed by atoms with Crippen LogP contribution < -0.4 is 5.32 Å². The molecule has 4 unspecified atom stereocenters. The summed E-state index contributed by atoms with van der Waals surface area (Å²) in [6.07, 6.45) is -3.61. The first-order chi connectivity index (χ1) is 18.5. The number of hydrogen-bond acceptors (Lipinski definition) is 11. The van der Waals surface area contributed by atoms with Crippen LogP contribution in [0.3, 0.4) is 0 Å². The highest BCUT2D eigenvalue weighted by Crippen LogP contribution is 2.13. The summed E-state index contributed by atoms with van der Waals surface area (Å²) in [7, 11) is 1.57. The van der Waals surface area contributed by atoms with Crippen LogP contribution in [0.15, 0.2) is 30.3 Å². The Hall–Kier alpha value is -2.96. The maximum absolute atomic E-state index is 12.9. The number of thioether (sulfide) groups is 1. The first-order valence-corrected chi connectivity index (χ1v) is 13.6. The van der Waals surface area contributed by atoms with E-state index in [9.17, 15) is 24.0 Å². The number of methoxy groups -OCH3 is 1. The topological polar surface area (TPSA) is 144 Å². The van der Waals surface area contributed by atoms with Crippen LogP contribution in [0.5, 0.6) is 0 Å². The van der Waals surface area contributed by atoms with Gasteiger partial charge < -0.3 is 29.0 Å². The summed E-state index contributed by atoms with van der Waals surface area (Å²) < 4.78 is 25.4. The molecule has 1 aromatic carbocycles. The van der Waals surface area contributed by atoms with Crippen LogP contribution in [0.25, 0.3) is 0 Å². The number of carbonyl (C=O) groups excluding carboxylic acids is 5. The van der Waals surface area contributed by atoms with Crippen molar-refractivity contribution < 1.29 is 47.7 Å². The van der Waals surface area contributed by atoms with Gasteiger partial charge in [-0.2, -0.15) is 0 Å². The fraction of sp³-hybridized carbons (Fsp3) is 0.593. The van der Waals surface area contributed by atoms with Gasteiger partial charge in [0.2, 0.25) is 5.12 Å². The Labute approximate surface area is 233 Å². The zero-order valence-corrected chi connectivity index (χ0v) is 24.1. The van der Waals surface area contributed by atoms with E-state index in [1.807, 2.05) is 30.3 Å². The number of hydrogen-bond donors (Lipinski definition) is 1. The van der Waals surface area contributed by atoms with E-state index >= 15 is 0 Å². The molecule has 4 atom stereocenters. The van der Waals surface area contributed by atoms with Crippen molar-refractivity contribution in [2.24, 2.45) is 5.92 Å². The molecule has 0 aliphatic heterocycles. The van der Waals surface area contributed by atoms with Gasteiger partial charge in [0.05, 0.1) is 25.7 Å². The van der Waals surface area contributed by atoms with E-state index < -0.39 is 54.1 Å². The predicted octanol–water partition coefficient (Wildman–Crippen LogP) is 2.09. The molecule has 0 saturated heterocycles. The van der Waals surface area contributed by atoms with Crippen molar-refractivity contribution in [1.82, 2.24) is 5.32 Å². The number of esters is 3. The molecule has 0 fully saturated rings. The SMILES string of the molecule is COCCOCCSC(=O)C(Cc1ccccc1)NC(=O)C(C)OC(=O)C(C)OC(=O)C(C)OC(=O)C(C)C. The lowest BCUT2D eigenvalue weighted by molar-refractivity contribution is -0.180. The van der Waals surface area contributed by atoms with Crippen molar-refractivity contribution in [3.8, 4) is 0 Å². The molecule has 0 bridgehead atoms. The zero-order chi connectivity index (χ0) is 29.4. The Morgan fingerprint density at radius 1 is 0.769 bits per heavy atom. The minimum absolute atomic E-state index is 0.241. The van der Waals surface area contributed by atoms with Crippen molar-refractivity contribution in [2.45, 2.75) is 65.4 Å². The van der Waals surface area contributed by atoms with Gasteiger partial charge in [0.25, 0.3) is 5.91 Å². The van der Waals surface area contributed by atoms with Crippen LogP contribution in [-0.4, -0.2) is 86.0 Å². The average molecular weight is 570 g/mol. The minimum atomic E-state index is -1.36. The molecule has 0 radical (unpaired) electrons. The lowest BCUT2D eigenvalue weighted by atomic mass is 10.1. The lowest BCUT2D eigenvalue weighted by Crippen LogP contribution is -2.47. The summed E-state index contributed by atoms with van der Waals surface area (Å²) in [5.41, 5.74) is 0.838. The number of ether oxygens (including phenoxy) is 5. The number of rotatable bonds is 17. The van der Waals surface area contributed by atoms with Gasteiger partial charge in [0.1, 0.15) is 6.04 Å². The Kier molecular flexibility index (Phi) is 16.0. The third-order valence-corrected chi connectivity index (χ3v) is 6.11. The molecule has 12 heteroatoms. The third-order valence-electron chi connectivity index (χ3n) is 5.17. The summed E-state index contributed by atoms with van der Waals surface area (Å²) in [6, 6.07) is 8.29. The van der Waals surface area contributed by atoms with Gasteiger partial charge >= 0.3 is 17.9 Å². The smallest absolute Gasteiger partial charge is 0.347 e. The summed E-state index contributed by atoms with van der Waals surface area (Å²) in [6.45, 7) is 8.36. The van der Waals surface area contributed by atoms with Crippen LogP contribution >= 0.6 is 11.8 Å². The second-order valence-corrected chi connectivity index (χ2v) is 10.0. The largest absolute Gasteiger partial charge is 0.450 e. The number of carbonyl (C=O) groups is 5. The highest BCUT2D eigenvalue weighted by atomic mass is 32.2. The Bertz CT molecular complexity index is 940. The van der Waals surface area contributed by atoms with Crippen LogP contribution in [-0.2, 0) is 54.1 Å². The first kappa shape index (κ1) is 34.1. The van der Waals surface area contributed by atoms with Gasteiger partial charge in [-0.25, -0.2) is 9.59 Å². The molecule has 0 saturated carbocycles. The van der Waals surface area contributed by atoms with Gasteiger partial charge in [-0.15, -0.1) is 0 Å². The van der Waals surface area contributed by atoms with Crippen LogP contribution in [0.2, 0.25) is 0 Å². The monoisotopic (exact) mass is 569 g/mol. The van der Waals surface area contributed by atoms with Crippen molar-refractivity contribution in [1.29, 1.82) is 0 Å². The molecule has 1 amide bonds. The van der Waals surface area contributed by atoms with Crippen LogP contribution in [0, 0.1) is 5.92 Å². The van der Waals surface area contributed by atoms with Crippen molar-refractivity contribution in [3.63, 3.8) is 0 Å². The number of benzene rings is 1. The summed E-state index contributed by atoms with van der Waals surface area (Å²) in [4.78, 5) is 61.9. The van der Waals surface area contributed by atoms with Gasteiger partial charge in [-0.1, -0.05) is 55.9 Å². The molecular formula is C27H39NO10S. The molecule has 1 aromatic rings. The van der Waals surface area contributed by atoms with Gasteiger partial charge in [0.15, 0.2) is 18.3 Å². The molecule has 218 valence electrons. The zero-order valence-electron chi connectivity index (χ0n) is 23.3. The molecule has 0 aromatic heterocycles. The molecule has 1 N–H and O–H groups in total. The lowest BCUT2D eigenvalue weighted by Gasteiger charge is -2.22. The fourth-order valence-electron chi connectivity index (χ4n) is 2.88. The summed E-state index contributed by atoms with van der Waals surface area (Å²) >= 11 is 1.03. The summed E-state index contributed by atoms with van der Waals surface area (Å²) in [5.74, 6) is -3.22. The van der Waals surface area contributed by atoms with E-state index in [4.69, 9.17) is 23.7 Å². The van der Waals surface area contributed by atoms with E-state index in [0.29, 0.717) is 25.6 Å². The quantitative estimate of drug-likeness (QED) is 0.167. The highest BCUT2D eigenvalue weighted by Gasteiger charge is 2.30. The Morgan fingerprint density at radius 2 is 1.33 bits per heavy atom. The van der Waals surface area contributed by atoms with Crippen LogP contribution in [0.4, 0.5) is 0 Å². The molecule has 0 heterocycles. The molecule has 1 rings (SSSR count). The first-order valence-electron chi connectivity index (χ1n) is 12.6. The molecule has 0 spiro atoms. The normalized spacial score (nSPS) is 14.0. The maximum Gasteiger partial charge on any atom is 0.347 e. The van der Waals surface area contributed by atoms with Crippen molar-refractivity contribution >= 4 is 40.7 Å². The molecule has 0 aliphatic rings. The second kappa shape index (κ2) is 18.3. The van der Waals surface area contributed by atoms with Crippen LogP contribution in [0.1, 0.15) is 40.2 Å². The Morgan fingerprint density at radius 3 is 1.90 bits per heavy atom. The van der Waals surface area contributed by atoms with Gasteiger partial charge in [-0.3, -0.25) is 14.4 Å². The third kappa shape index (κ3) is 13.6. The van der Waals surface area contributed by atoms with Crippen molar-refractivity contribution in [2.75, 3.05) is 32.7 Å². The highest BCUT2D eigenvalue weighted by molar-refractivity contribution is 8.13. The van der Waals surface area contributed by atoms with E-state index in [2.05, 4.69) is 5.32 Å². The average Bonchev–Trinajstić information content (AvgIpc) is 2.90. The van der Waals surface area contributed by atoms with E-state index in [1.54, 1.807) is 21.0 Å². The summed E-state index contributed by atoms with van der Waals surface area (Å²) in [5, 5.41) is 2.38. The van der Waals surface area contributed by atoms with Gasteiger partial charge in [0, 0.05) is 19.3 Å². The maximum atomic E-state index is 12.9. The Balaban J connectivity index is 2.69. The predicted molar refractivity (Wildman–Crippen MR) is 144 cm³/mol. The molecule has 39 heavy (non-hydrogen) atoms.